The summed E-state index contributed by atoms with van der Waals surface area (Å²) in [5.41, 5.74) is 0. The molecule has 0 aliphatic carbocycles. The van der Waals surface area contributed by atoms with Crippen LogP contribution in [0.1, 0.15) is 13.8 Å². The average Bonchev–Trinajstić information content (AvgIpc) is 1.41. The Bertz CT molecular complexity index is 15.5. The Kier molecular flexibility index (Phi) is 16.1. The molecule has 0 bridgehead atoms. The van der Waals surface area contributed by atoms with Crippen molar-refractivity contribution in [1.29, 1.82) is 0 Å². The summed E-state index contributed by atoms with van der Waals surface area (Å²) in [5.74, 6) is 0. The Hall–Kier alpha value is 1.15. The number of halogens is 1. The molecule has 0 saturated heterocycles. The van der Waals surface area contributed by atoms with Crippen LogP contribution in [0.3, 0.4) is 0 Å². The van der Waals surface area contributed by atoms with E-state index in [1.807, 2.05) is 18.3 Å². The summed E-state index contributed by atoms with van der Waals surface area (Å²) in [6.45, 7) is 3.44. The first-order valence-corrected chi connectivity index (χ1v) is 5.46. The van der Waals surface area contributed by atoms with Gasteiger partial charge in [0.15, 0.2) is 0 Å². The average molecular weight is 188 g/mol. The fourth-order valence-corrected chi connectivity index (χ4v) is 0. The molecule has 0 fully saturated rings. The molecule has 0 aliphatic rings. The van der Waals surface area contributed by atoms with Crippen LogP contribution in [0.5, 0.6) is 0 Å². The van der Waals surface area contributed by atoms with E-state index < -0.39 is 0 Å². The molecule has 0 amide bonds. The van der Waals surface area contributed by atoms with Gasteiger partial charge in [-0.1, -0.05) is 0 Å². The molecule has 0 unspecified atom stereocenters. The second-order valence-electron chi connectivity index (χ2n) is 1.09. The van der Waals surface area contributed by atoms with E-state index in [4.69, 9.17) is 5.11 Å². The van der Waals surface area contributed by atoms with Crippen molar-refractivity contribution in [3.8, 4) is 0 Å². The van der Waals surface area contributed by atoms with E-state index in [1.54, 1.807) is 13.8 Å². The van der Waals surface area contributed by atoms with Crippen LogP contribution in [0.25, 0.3) is 0 Å². The van der Waals surface area contributed by atoms with Gasteiger partial charge in [-0.25, -0.2) is 0 Å². The van der Waals surface area contributed by atoms with E-state index in [9.17, 15) is 0 Å². The third-order valence-corrected chi connectivity index (χ3v) is 0. The molecule has 0 aromatic heterocycles. The molecular formula is C3H8BrOTi. The molecular weight excluding hydrogens is 180 g/mol. The second-order valence-corrected chi connectivity index (χ2v) is 1.09. The van der Waals surface area contributed by atoms with Crippen molar-refractivity contribution in [2.24, 2.45) is 0 Å². The first-order chi connectivity index (χ1) is 2.73. The summed E-state index contributed by atoms with van der Waals surface area (Å²) in [6.07, 6.45) is -0.167. The van der Waals surface area contributed by atoms with E-state index in [0.717, 1.165) is 0 Å². The van der Waals surface area contributed by atoms with Crippen molar-refractivity contribution in [3.05, 3.63) is 0 Å². The minimum absolute atomic E-state index is 0.167. The van der Waals surface area contributed by atoms with Gasteiger partial charge in [0.1, 0.15) is 0 Å². The van der Waals surface area contributed by atoms with Gasteiger partial charge in [-0.05, 0) is 13.8 Å². The summed E-state index contributed by atoms with van der Waals surface area (Å²) in [6, 6.07) is 0. The Labute approximate surface area is 56.6 Å². The molecule has 37 valence electrons. The number of aliphatic hydroxyl groups excluding tert-OH is 1. The predicted octanol–water partition coefficient (Wildman–Crippen LogP) is 1.23. The normalized spacial score (nSPS) is 6.67. The van der Waals surface area contributed by atoms with E-state index in [2.05, 4.69) is 13.2 Å². The fourth-order valence-electron chi connectivity index (χ4n) is 0. The Morgan fingerprint density at radius 1 is 1.50 bits per heavy atom. The van der Waals surface area contributed by atoms with E-state index in [-0.39, 0.29) is 6.10 Å². The maximum absolute atomic E-state index is 8.06. The van der Waals surface area contributed by atoms with Gasteiger partial charge < -0.3 is 5.11 Å². The molecule has 0 rings (SSSR count). The van der Waals surface area contributed by atoms with Gasteiger partial charge in [0, 0.05) is 6.10 Å². The summed E-state index contributed by atoms with van der Waals surface area (Å²) in [5, 5.41) is 8.06. The quantitative estimate of drug-likeness (QED) is 0.566. The molecule has 1 nitrogen and oxygen atoms in total. The van der Waals surface area contributed by atoms with Gasteiger partial charge in [-0.2, -0.15) is 0 Å². The standard InChI is InChI=1S/C3H8O.BrH.Ti/c1-3(2)4;;/h3-4H,1-2H3;1H;/q;;+1/p-1. The van der Waals surface area contributed by atoms with Crippen LogP contribution in [0.4, 0.5) is 0 Å². The first kappa shape index (κ1) is 10.2. The number of rotatable bonds is 0. The second kappa shape index (κ2) is 9.47. The molecule has 3 heteroatoms. The molecule has 0 saturated carbocycles. The van der Waals surface area contributed by atoms with E-state index >= 15 is 0 Å². The van der Waals surface area contributed by atoms with Gasteiger partial charge in [0.25, 0.3) is 0 Å². The zero-order valence-corrected chi connectivity index (χ0v) is 7.05. The fraction of sp³-hybridized carbons (Fsp3) is 1.00. The van der Waals surface area contributed by atoms with Crippen LogP contribution in [-0.2, 0) is 18.3 Å². The van der Waals surface area contributed by atoms with Crippen LogP contribution in [0.15, 0.2) is 0 Å². The van der Waals surface area contributed by atoms with E-state index in [1.165, 1.54) is 0 Å². The van der Waals surface area contributed by atoms with Crippen LogP contribution in [-0.4, -0.2) is 11.2 Å². The van der Waals surface area contributed by atoms with Crippen molar-refractivity contribution in [3.63, 3.8) is 0 Å². The predicted molar refractivity (Wildman–Crippen MR) is 26.3 cm³/mol. The van der Waals surface area contributed by atoms with Crippen LogP contribution >= 0.6 is 13.2 Å². The summed E-state index contributed by atoms with van der Waals surface area (Å²) in [7, 11) is 0. The van der Waals surface area contributed by atoms with Crippen LogP contribution in [0, 0.1) is 0 Å². The topological polar surface area (TPSA) is 20.2 Å². The molecule has 6 heavy (non-hydrogen) atoms. The van der Waals surface area contributed by atoms with Crippen molar-refractivity contribution >= 4 is 13.2 Å². The Morgan fingerprint density at radius 2 is 1.50 bits per heavy atom. The summed E-state index contributed by atoms with van der Waals surface area (Å²) >= 11 is 4.75. The monoisotopic (exact) mass is 187 g/mol. The summed E-state index contributed by atoms with van der Waals surface area (Å²) in [4.78, 5) is 0. The number of hydrogen-bond donors (Lipinski definition) is 1. The van der Waals surface area contributed by atoms with Crippen molar-refractivity contribution in [1.82, 2.24) is 0 Å². The zero-order valence-electron chi connectivity index (χ0n) is 3.90. The van der Waals surface area contributed by atoms with Crippen LogP contribution < -0.4 is 0 Å². The molecule has 0 aliphatic heterocycles. The number of hydrogen-bond acceptors (Lipinski definition) is 1. The molecule has 0 aromatic rings. The van der Waals surface area contributed by atoms with Gasteiger partial charge in [0.2, 0.25) is 0 Å². The van der Waals surface area contributed by atoms with Gasteiger partial charge in [0.05, 0.1) is 0 Å². The first-order valence-electron chi connectivity index (χ1n) is 1.60. The molecule has 0 atom stereocenters. The molecule has 0 aromatic carbocycles. The molecule has 0 spiro atoms. The third-order valence-electron chi connectivity index (χ3n) is 0. The van der Waals surface area contributed by atoms with Gasteiger partial charge >= 0.3 is 31.5 Å². The van der Waals surface area contributed by atoms with Gasteiger partial charge in [-0.3, -0.25) is 0 Å². The molecule has 1 N–H and O–H groups in total. The zero-order chi connectivity index (χ0) is 5.58. The molecule has 0 radical (unpaired) electrons. The summed E-state index contributed by atoms with van der Waals surface area (Å²) < 4.78 is 0. The Morgan fingerprint density at radius 3 is 1.50 bits per heavy atom. The number of aliphatic hydroxyl groups is 1. The van der Waals surface area contributed by atoms with Crippen LogP contribution in [0.2, 0.25) is 0 Å². The minimum atomic E-state index is -0.167. The SMILES string of the molecule is CC(C)O.[Ti][Br]. The van der Waals surface area contributed by atoms with Crippen molar-refractivity contribution < 1.29 is 23.4 Å². The van der Waals surface area contributed by atoms with Crippen molar-refractivity contribution in [2.75, 3.05) is 0 Å². The van der Waals surface area contributed by atoms with Crippen molar-refractivity contribution in [2.45, 2.75) is 20.0 Å². The van der Waals surface area contributed by atoms with E-state index in [0.29, 0.717) is 0 Å². The Balaban J connectivity index is 0. The van der Waals surface area contributed by atoms with Gasteiger partial charge in [-0.15, -0.1) is 0 Å². The maximum atomic E-state index is 8.06. The molecule has 0 heterocycles. The third kappa shape index (κ3) is 66.8.